The van der Waals surface area contributed by atoms with Gasteiger partial charge in [-0.25, -0.2) is 23.5 Å². The van der Waals surface area contributed by atoms with E-state index in [2.05, 4.69) is 32.4 Å². The van der Waals surface area contributed by atoms with E-state index in [9.17, 15) is 26.7 Å². The smallest absolute Gasteiger partial charge is 0.315 e. The average Bonchev–Trinajstić information content (AvgIpc) is 3.34. The van der Waals surface area contributed by atoms with E-state index in [-0.39, 0.29) is 18.2 Å². The number of piperidine rings is 1. The number of anilines is 1. The van der Waals surface area contributed by atoms with Crippen molar-refractivity contribution in [1.29, 1.82) is 0 Å². The van der Waals surface area contributed by atoms with Crippen molar-refractivity contribution in [2.24, 2.45) is 5.92 Å². The van der Waals surface area contributed by atoms with Gasteiger partial charge in [-0.05, 0) is 44.2 Å². The fourth-order valence-corrected chi connectivity index (χ4v) is 5.68. The molecule has 4 atom stereocenters. The van der Waals surface area contributed by atoms with Crippen molar-refractivity contribution < 1.29 is 26.7 Å². The Morgan fingerprint density at radius 3 is 2.44 bits per heavy atom. The van der Waals surface area contributed by atoms with Gasteiger partial charge in [0.1, 0.15) is 18.5 Å². The quantitative estimate of drug-likeness (QED) is 0.499. The number of carbonyl (C=O) groups is 1. The van der Waals surface area contributed by atoms with Gasteiger partial charge in [0, 0.05) is 11.6 Å². The van der Waals surface area contributed by atoms with Crippen molar-refractivity contribution in [2.75, 3.05) is 5.32 Å². The van der Waals surface area contributed by atoms with Crippen LogP contribution in [-0.4, -0.2) is 47.2 Å². The number of hydrogen-bond donors (Lipinski definition) is 1. The Morgan fingerprint density at radius 2 is 1.81 bits per heavy atom. The first kappa shape index (κ1) is 24.1. The molecule has 0 unspecified atom stereocenters. The van der Waals surface area contributed by atoms with Crippen LogP contribution in [0.2, 0.25) is 0 Å². The van der Waals surface area contributed by atoms with Gasteiger partial charge in [-0.1, -0.05) is 6.92 Å². The van der Waals surface area contributed by atoms with Gasteiger partial charge in [-0.2, -0.15) is 13.2 Å². The number of halogens is 5. The minimum atomic E-state index is -4.93. The molecule has 13 heteroatoms. The SMILES string of the molecule is C[C@@H]1C[C@@H]2C[C@]([C@@H](C)n3cnnc3)(C1)N2C(=O)Nc1cc(-c2ncc(F)cn2)c(C(F)(F)F)cc1F. The lowest BCUT2D eigenvalue weighted by atomic mass is 9.61. The molecular weight excluding hydrogens is 485 g/mol. The summed E-state index contributed by atoms with van der Waals surface area (Å²) in [5.41, 5.74) is -2.96. The largest absolute Gasteiger partial charge is 0.417 e. The van der Waals surface area contributed by atoms with E-state index in [0.717, 1.165) is 18.9 Å². The summed E-state index contributed by atoms with van der Waals surface area (Å²) in [5.74, 6) is -2.21. The molecule has 3 aromatic rings. The maximum Gasteiger partial charge on any atom is 0.417 e. The summed E-state index contributed by atoms with van der Waals surface area (Å²) < 4.78 is 70.8. The lowest BCUT2D eigenvalue weighted by Crippen LogP contribution is -2.74. The molecule has 2 aliphatic heterocycles. The predicted molar refractivity (Wildman–Crippen MR) is 118 cm³/mol. The third kappa shape index (κ3) is 3.95. The van der Waals surface area contributed by atoms with E-state index in [1.807, 2.05) is 6.92 Å². The van der Waals surface area contributed by atoms with Crippen LogP contribution in [0.15, 0.2) is 37.2 Å². The molecule has 1 aliphatic carbocycles. The monoisotopic (exact) mass is 507 g/mol. The van der Waals surface area contributed by atoms with E-state index in [4.69, 9.17) is 0 Å². The summed E-state index contributed by atoms with van der Waals surface area (Å²) >= 11 is 0. The highest BCUT2D eigenvalue weighted by atomic mass is 19.4. The summed E-state index contributed by atoms with van der Waals surface area (Å²) in [7, 11) is 0. The number of aromatic nitrogens is 5. The van der Waals surface area contributed by atoms with Crippen LogP contribution < -0.4 is 5.32 Å². The van der Waals surface area contributed by atoms with Crippen LogP contribution in [0.3, 0.4) is 0 Å². The second-order valence-electron chi connectivity index (χ2n) is 9.49. The standard InChI is InChI=1S/C23H22F5N7O/c1-12-3-15-7-22(6-12,13(2)34-10-31-32-11-34)35(15)21(36)33-19-4-16(20-29-8-14(24)9-30-20)17(5-18(19)25)23(26,27)28/h4-5,8-13,15H,3,6-7H2,1-2H3,(H,33,36)/t12-,13-,15-,22+/m1/s1. The third-order valence-electron chi connectivity index (χ3n) is 7.21. The molecule has 2 amide bonds. The number of alkyl halides is 3. The lowest BCUT2D eigenvalue weighted by molar-refractivity contribution is -0.137. The van der Waals surface area contributed by atoms with E-state index in [0.29, 0.717) is 24.7 Å². The highest BCUT2D eigenvalue weighted by Crippen LogP contribution is 2.55. The predicted octanol–water partition coefficient (Wildman–Crippen LogP) is 5.07. The number of fused-ring (bicyclic) bond motifs is 2. The van der Waals surface area contributed by atoms with Crippen LogP contribution in [0.4, 0.5) is 32.4 Å². The first-order valence-corrected chi connectivity index (χ1v) is 11.3. The maximum absolute atomic E-state index is 14.9. The molecule has 2 bridgehead atoms. The first-order valence-electron chi connectivity index (χ1n) is 11.3. The number of hydrogen-bond acceptors (Lipinski definition) is 5. The molecule has 3 fully saturated rings. The number of rotatable bonds is 4. The van der Waals surface area contributed by atoms with Gasteiger partial charge in [-0.3, -0.25) is 0 Å². The lowest BCUT2D eigenvalue weighted by Gasteiger charge is -2.65. The molecule has 0 spiro atoms. The Morgan fingerprint density at radius 1 is 1.14 bits per heavy atom. The number of nitrogens with one attached hydrogen (secondary N) is 1. The second kappa shape index (κ2) is 8.49. The Balaban J connectivity index is 1.49. The van der Waals surface area contributed by atoms with Crippen LogP contribution in [0, 0.1) is 17.6 Å². The van der Waals surface area contributed by atoms with Gasteiger partial charge in [-0.15, -0.1) is 10.2 Å². The van der Waals surface area contributed by atoms with Crippen molar-refractivity contribution in [2.45, 2.75) is 56.9 Å². The zero-order valence-corrected chi connectivity index (χ0v) is 19.3. The minimum Gasteiger partial charge on any atom is -0.315 e. The highest BCUT2D eigenvalue weighted by molar-refractivity contribution is 5.92. The van der Waals surface area contributed by atoms with E-state index in [1.54, 1.807) is 22.1 Å². The molecule has 1 N–H and O–H groups in total. The molecule has 3 aliphatic rings. The summed E-state index contributed by atoms with van der Waals surface area (Å²) in [6.45, 7) is 4.04. The molecule has 1 aromatic carbocycles. The average molecular weight is 507 g/mol. The summed E-state index contributed by atoms with van der Waals surface area (Å²) in [5, 5.41) is 10.1. The van der Waals surface area contributed by atoms with Crippen LogP contribution in [-0.2, 0) is 6.18 Å². The minimum absolute atomic E-state index is 0.0925. The first-order chi connectivity index (χ1) is 17.0. The van der Waals surface area contributed by atoms with Gasteiger partial charge in [0.15, 0.2) is 11.6 Å². The number of nitrogens with zero attached hydrogens (tertiary/aromatic N) is 6. The molecule has 8 nitrogen and oxygen atoms in total. The maximum atomic E-state index is 14.9. The highest BCUT2D eigenvalue weighted by Gasteiger charge is 2.61. The molecule has 2 saturated heterocycles. The Labute approximate surface area is 202 Å². The van der Waals surface area contributed by atoms with Crippen LogP contribution in [0.1, 0.15) is 44.7 Å². The molecule has 0 radical (unpaired) electrons. The van der Waals surface area contributed by atoms with Crippen molar-refractivity contribution in [3.8, 4) is 11.4 Å². The van der Waals surface area contributed by atoms with E-state index < -0.39 is 52.0 Å². The number of urea groups is 1. The summed E-state index contributed by atoms with van der Waals surface area (Å²) in [6, 6.07) is 0.217. The van der Waals surface area contributed by atoms with Crippen molar-refractivity contribution in [3.63, 3.8) is 0 Å². The number of carbonyl (C=O) groups excluding carboxylic acids is 1. The zero-order chi connectivity index (χ0) is 25.8. The van der Waals surface area contributed by atoms with Gasteiger partial charge >= 0.3 is 12.2 Å². The van der Waals surface area contributed by atoms with E-state index >= 15 is 0 Å². The molecule has 2 aromatic heterocycles. The topological polar surface area (TPSA) is 88.8 Å². The zero-order valence-electron chi connectivity index (χ0n) is 19.3. The number of amides is 2. The van der Waals surface area contributed by atoms with Gasteiger partial charge in [0.25, 0.3) is 0 Å². The fraction of sp³-hybridized carbons (Fsp3) is 0.435. The summed E-state index contributed by atoms with van der Waals surface area (Å²) in [6.07, 6.45) is 1.80. The van der Waals surface area contributed by atoms with E-state index in [1.165, 1.54) is 0 Å². The fourth-order valence-electron chi connectivity index (χ4n) is 5.68. The van der Waals surface area contributed by atoms with Crippen LogP contribution in [0.5, 0.6) is 0 Å². The van der Waals surface area contributed by atoms with Crippen molar-refractivity contribution in [1.82, 2.24) is 29.6 Å². The van der Waals surface area contributed by atoms with Crippen molar-refractivity contribution >= 4 is 11.7 Å². The normalized spacial score (nSPS) is 24.2. The van der Waals surface area contributed by atoms with Crippen LogP contribution in [0.25, 0.3) is 11.4 Å². The van der Waals surface area contributed by atoms with Gasteiger partial charge in [0.2, 0.25) is 0 Å². The van der Waals surface area contributed by atoms with Gasteiger partial charge < -0.3 is 14.8 Å². The summed E-state index contributed by atoms with van der Waals surface area (Å²) in [4.78, 5) is 22.3. The molecule has 4 heterocycles. The second-order valence-corrected chi connectivity index (χ2v) is 9.49. The Hall–Kier alpha value is -3.64. The molecule has 1 saturated carbocycles. The molecule has 190 valence electrons. The van der Waals surface area contributed by atoms with Gasteiger partial charge in [0.05, 0.1) is 35.2 Å². The molecule has 36 heavy (non-hydrogen) atoms. The van der Waals surface area contributed by atoms with Crippen LogP contribution >= 0.6 is 0 Å². The Bertz CT molecular complexity index is 1280. The third-order valence-corrected chi connectivity index (χ3v) is 7.21. The van der Waals surface area contributed by atoms with Crippen molar-refractivity contribution in [3.05, 3.63) is 54.4 Å². The Kier molecular flexibility index (Phi) is 5.67. The molecule has 6 rings (SSSR count). The molecular formula is C23H22F5N7O. The number of benzene rings is 1.